The van der Waals surface area contributed by atoms with Crippen molar-refractivity contribution in [3.63, 3.8) is 0 Å². The second-order valence-electron chi connectivity index (χ2n) is 9.71. The summed E-state index contributed by atoms with van der Waals surface area (Å²) in [5.41, 5.74) is 1.13. The average Bonchev–Trinajstić information content (AvgIpc) is 2.55. The third-order valence-electron chi connectivity index (χ3n) is 5.37. The first kappa shape index (κ1) is 20.6. The summed E-state index contributed by atoms with van der Waals surface area (Å²) in [6.45, 7) is 8.44. The van der Waals surface area contributed by atoms with Crippen LogP contribution in [-0.4, -0.2) is 59.9 Å². The number of likely N-dealkylation sites (tertiary alicyclic amines) is 1. The molecule has 1 N–H and O–H groups in total. The van der Waals surface area contributed by atoms with E-state index in [0.29, 0.717) is 31.7 Å². The van der Waals surface area contributed by atoms with Crippen LogP contribution in [0.5, 0.6) is 0 Å². The summed E-state index contributed by atoms with van der Waals surface area (Å²) in [6, 6.07) is 3.64. The summed E-state index contributed by atoms with van der Waals surface area (Å²) in [6.07, 6.45) is 1.54. The number of rotatable bonds is 4. The molecule has 2 aliphatic rings. The Labute approximate surface area is 166 Å². The maximum atomic E-state index is 12.9. The second kappa shape index (κ2) is 7.70. The minimum atomic E-state index is -0.197. The van der Waals surface area contributed by atoms with Gasteiger partial charge in [-0.2, -0.15) is 0 Å². The Kier molecular flexibility index (Phi) is 5.66. The van der Waals surface area contributed by atoms with Gasteiger partial charge in [0, 0.05) is 37.7 Å². The number of pyridine rings is 1. The summed E-state index contributed by atoms with van der Waals surface area (Å²) in [7, 11) is 3.63. The first-order valence-corrected chi connectivity index (χ1v) is 9.99. The van der Waals surface area contributed by atoms with E-state index >= 15 is 0 Å². The van der Waals surface area contributed by atoms with Gasteiger partial charge >= 0.3 is 0 Å². The number of nitrogens with zero attached hydrogens (tertiary/aromatic N) is 3. The Morgan fingerprint density at radius 3 is 2.54 bits per heavy atom. The number of anilines is 1. The molecule has 0 radical (unpaired) electrons. The monoisotopic (exact) mass is 388 g/mol. The summed E-state index contributed by atoms with van der Waals surface area (Å²) in [5.74, 6) is 0.458. The zero-order chi connectivity index (χ0) is 20.6. The third-order valence-corrected chi connectivity index (χ3v) is 5.37. The van der Waals surface area contributed by atoms with Gasteiger partial charge in [0.1, 0.15) is 5.69 Å². The number of piperidine rings is 1. The normalized spacial score (nSPS) is 21.4. The molecule has 1 aromatic heterocycles. The van der Waals surface area contributed by atoms with Crippen LogP contribution in [0.15, 0.2) is 16.9 Å². The topological polar surface area (TPSA) is 74.7 Å². The van der Waals surface area contributed by atoms with Crippen molar-refractivity contribution < 1.29 is 9.59 Å². The standard InChI is InChI=1S/C21H32N4O3/c1-21(2,3)9-19(27)24-10-14-8-15(12-24)17-7-6-16(20(28)25(17)11-14)22-18(26)13-23(4)5/h6-7,14-15H,8-13H2,1-5H3,(H,22,26)/t14-,15+/m0/s1. The highest BCUT2D eigenvalue weighted by atomic mass is 16.2. The minimum absolute atomic E-state index is 0.0296. The van der Waals surface area contributed by atoms with Crippen LogP contribution in [0.1, 0.15) is 45.2 Å². The summed E-state index contributed by atoms with van der Waals surface area (Å²) >= 11 is 0. The molecule has 3 rings (SSSR count). The predicted octanol–water partition coefficient (Wildman–Crippen LogP) is 1.73. The average molecular weight is 389 g/mol. The maximum Gasteiger partial charge on any atom is 0.274 e. The minimum Gasteiger partial charge on any atom is -0.342 e. The Morgan fingerprint density at radius 1 is 1.18 bits per heavy atom. The van der Waals surface area contributed by atoms with Gasteiger partial charge in [0.25, 0.3) is 5.56 Å². The maximum absolute atomic E-state index is 12.9. The quantitative estimate of drug-likeness (QED) is 0.852. The van der Waals surface area contributed by atoms with E-state index in [1.54, 1.807) is 15.5 Å². The van der Waals surface area contributed by atoms with Crippen LogP contribution < -0.4 is 10.9 Å². The molecule has 1 aromatic rings. The van der Waals surface area contributed by atoms with Crippen molar-refractivity contribution in [1.82, 2.24) is 14.4 Å². The fraction of sp³-hybridized carbons (Fsp3) is 0.667. The van der Waals surface area contributed by atoms with Gasteiger partial charge in [-0.3, -0.25) is 14.4 Å². The molecule has 2 amide bonds. The molecule has 0 aromatic carbocycles. The van der Waals surface area contributed by atoms with Gasteiger partial charge in [-0.15, -0.1) is 0 Å². The number of amides is 2. The molecule has 2 atom stereocenters. The first-order valence-electron chi connectivity index (χ1n) is 9.99. The van der Waals surface area contributed by atoms with Gasteiger partial charge < -0.3 is 19.7 Å². The van der Waals surface area contributed by atoms with Gasteiger partial charge in [-0.1, -0.05) is 20.8 Å². The Balaban J connectivity index is 1.78. The largest absolute Gasteiger partial charge is 0.342 e. The Bertz CT molecular complexity index is 822. The van der Waals surface area contributed by atoms with Crippen LogP contribution in [0, 0.1) is 11.3 Å². The molecule has 0 unspecified atom stereocenters. The lowest BCUT2D eigenvalue weighted by molar-refractivity contribution is -0.135. The highest BCUT2D eigenvalue weighted by molar-refractivity contribution is 5.92. The van der Waals surface area contributed by atoms with Crippen molar-refractivity contribution in [1.29, 1.82) is 0 Å². The second-order valence-corrected chi connectivity index (χ2v) is 9.71. The van der Waals surface area contributed by atoms with Gasteiger partial charge in [0.15, 0.2) is 0 Å². The molecule has 0 aliphatic carbocycles. The van der Waals surface area contributed by atoms with Crippen LogP contribution in [0.2, 0.25) is 0 Å². The predicted molar refractivity (Wildman–Crippen MR) is 109 cm³/mol. The van der Waals surface area contributed by atoms with E-state index in [9.17, 15) is 14.4 Å². The number of fused-ring (bicyclic) bond motifs is 4. The smallest absolute Gasteiger partial charge is 0.274 e. The van der Waals surface area contributed by atoms with Gasteiger partial charge in [-0.05, 0) is 44.0 Å². The number of aromatic nitrogens is 1. The van der Waals surface area contributed by atoms with Crippen molar-refractivity contribution in [3.05, 3.63) is 28.2 Å². The van der Waals surface area contributed by atoms with Crippen LogP contribution in [0.4, 0.5) is 5.69 Å². The molecule has 3 heterocycles. The van der Waals surface area contributed by atoms with E-state index in [0.717, 1.165) is 12.1 Å². The van der Waals surface area contributed by atoms with Crippen LogP contribution >= 0.6 is 0 Å². The van der Waals surface area contributed by atoms with E-state index in [4.69, 9.17) is 0 Å². The van der Waals surface area contributed by atoms with Crippen molar-refractivity contribution >= 4 is 17.5 Å². The molecule has 2 bridgehead atoms. The van der Waals surface area contributed by atoms with Crippen molar-refractivity contribution in [2.45, 2.75) is 46.1 Å². The molecular weight excluding hydrogens is 356 g/mol. The fourth-order valence-electron chi connectivity index (χ4n) is 4.29. The van der Waals surface area contributed by atoms with E-state index in [1.807, 2.05) is 25.1 Å². The van der Waals surface area contributed by atoms with Crippen molar-refractivity contribution in [2.75, 3.05) is 39.0 Å². The number of hydrogen-bond acceptors (Lipinski definition) is 4. The molecule has 0 saturated carbocycles. The molecular formula is C21H32N4O3. The molecule has 7 nitrogen and oxygen atoms in total. The molecule has 154 valence electrons. The summed E-state index contributed by atoms with van der Waals surface area (Å²) < 4.78 is 1.80. The van der Waals surface area contributed by atoms with Gasteiger partial charge in [0.2, 0.25) is 11.8 Å². The number of carbonyl (C=O) groups is 2. The summed E-state index contributed by atoms with van der Waals surface area (Å²) in [4.78, 5) is 41.4. The lowest BCUT2D eigenvalue weighted by Crippen LogP contribution is -2.49. The van der Waals surface area contributed by atoms with Crippen molar-refractivity contribution in [2.24, 2.45) is 11.3 Å². The van der Waals surface area contributed by atoms with Gasteiger partial charge in [0.05, 0.1) is 6.54 Å². The molecule has 1 saturated heterocycles. The molecule has 1 fully saturated rings. The zero-order valence-corrected chi connectivity index (χ0v) is 17.6. The van der Waals surface area contributed by atoms with Crippen molar-refractivity contribution in [3.8, 4) is 0 Å². The lowest BCUT2D eigenvalue weighted by atomic mass is 9.82. The fourth-order valence-corrected chi connectivity index (χ4v) is 4.29. The van der Waals surface area contributed by atoms with Crippen LogP contribution in [-0.2, 0) is 16.1 Å². The number of likely N-dealkylation sites (N-methyl/N-ethyl adjacent to an activating group) is 1. The molecule has 0 spiro atoms. The molecule has 28 heavy (non-hydrogen) atoms. The zero-order valence-electron chi connectivity index (χ0n) is 17.6. The van der Waals surface area contributed by atoms with E-state index in [-0.39, 0.29) is 41.2 Å². The first-order chi connectivity index (χ1) is 13.0. The SMILES string of the molecule is CN(C)CC(=O)Nc1ccc2n(c1=O)C[C@H]1C[C@@H]2CN(C(=O)CC(C)(C)C)C1. The Hall–Kier alpha value is -2.15. The lowest BCUT2D eigenvalue weighted by Gasteiger charge is -2.43. The highest BCUT2D eigenvalue weighted by Gasteiger charge is 2.37. The number of hydrogen-bond donors (Lipinski definition) is 1. The van der Waals surface area contributed by atoms with E-state index < -0.39 is 0 Å². The number of carbonyl (C=O) groups excluding carboxylic acids is 2. The van der Waals surface area contributed by atoms with Crippen LogP contribution in [0.3, 0.4) is 0 Å². The highest BCUT2D eigenvalue weighted by Crippen LogP contribution is 2.36. The van der Waals surface area contributed by atoms with E-state index in [2.05, 4.69) is 26.1 Å². The molecule has 7 heteroatoms. The van der Waals surface area contributed by atoms with Gasteiger partial charge in [-0.25, -0.2) is 0 Å². The van der Waals surface area contributed by atoms with Crippen LogP contribution in [0.25, 0.3) is 0 Å². The summed E-state index contributed by atoms with van der Waals surface area (Å²) in [5, 5.41) is 2.73. The van der Waals surface area contributed by atoms with E-state index in [1.165, 1.54) is 0 Å². The molecule has 2 aliphatic heterocycles. The third kappa shape index (κ3) is 4.63. The number of nitrogens with one attached hydrogen (secondary N) is 1. The Morgan fingerprint density at radius 2 is 1.89 bits per heavy atom.